The van der Waals surface area contributed by atoms with Gasteiger partial charge in [-0.05, 0) is 43.7 Å². The molecule has 0 saturated carbocycles. The lowest BCUT2D eigenvalue weighted by Gasteiger charge is -2.41. The summed E-state index contributed by atoms with van der Waals surface area (Å²) in [6.07, 6.45) is -3.17. The normalized spacial score (nSPS) is 17.2. The first-order valence-electron chi connectivity index (χ1n) is 9.89. The van der Waals surface area contributed by atoms with E-state index < -0.39 is 12.1 Å². The third kappa shape index (κ3) is 5.72. The maximum Gasteiger partial charge on any atom is 0.490 e. The van der Waals surface area contributed by atoms with Crippen LogP contribution in [0, 0.1) is 12.7 Å². The summed E-state index contributed by atoms with van der Waals surface area (Å²) in [7, 11) is 0. The summed E-state index contributed by atoms with van der Waals surface area (Å²) in [4.78, 5) is 18.0. The lowest BCUT2D eigenvalue weighted by molar-refractivity contribution is -0.192. The van der Waals surface area contributed by atoms with Crippen LogP contribution in [0.3, 0.4) is 0 Å². The van der Waals surface area contributed by atoms with E-state index in [2.05, 4.69) is 38.0 Å². The number of aliphatic carboxylic acids is 1. The molecule has 4 rings (SSSR count). The fourth-order valence-corrected chi connectivity index (χ4v) is 3.52. The fraction of sp³-hybridized carbons (Fsp3) is 0.381. The molecule has 32 heavy (non-hydrogen) atoms. The number of rotatable bonds is 3. The van der Waals surface area contributed by atoms with Crippen molar-refractivity contribution < 1.29 is 27.5 Å². The lowest BCUT2D eigenvalue weighted by atomic mass is 10.1. The molecule has 3 aromatic rings. The first-order valence-corrected chi connectivity index (χ1v) is 9.89. The maximum absolute atomic E-state index is 13.5. The standard InChI is InChI=1S/C19H22FN5.C2HF3O2/c1-13-11-25(17-5-3-4-16(20)9-17)7-6-24(13)12-15-8-18-14(2)22-23-19(18)21-10-15;3-2(4,5)1(6)7/h3-5,8-10,13H,6-7,11-12H2,1-2H3,(H,21,22,23);(H,6,7). The quantitative estimate of drug-likeness (QED) is 0.588. The number of halogens is 4. The first kappa shape index (κ1) is 23.5. The molecular weight excluding hydrogens is 430 g/mol. The molecule has 1 aromatic carbocycles. The van der Waals surface area contributed by atoms with Gasteiger partial charge < -0.3 is 10.0 Å². The fourth-order valence-electron chi connectivity index (χ4n) is 3.52. The molecule has 0 aliphatic carbocycles. The van der Waals surface area contributed by atoms with Crippen LogP contribution in [-0.2, 0) is 11.3 Å². The van der Waals surface area contributed by atoms with Crippen molar-refractivity contribution >= 4 is 22.7 Å². The van der Waals surface area contributed by atoms with Gasteiger partial charge in [0.05, 0.1) is 0 Å². The maximum atomic E-state index is 13.5. The Morgan fingerprint density at radius 3 is 2.62 bits per heavy atom. The number of piperazine rings is 1. The minimum absolute atomic E-state index is 0.178. The number of alkyl halides is 3. The number of H-pyrrole nitrogens is 1. The van der Waals surface area contributed by atoms with Gasteiger partial charge in [-0.15, -0.1) is 0 Å². The van der Waals surface area contributed by atoms with Gasteiger partial charge in [-0.1, -0.05) is 6.07 Å². The van der Waals surface area contributed by atoms with Crippen LogP contribution in [0.15, 0.2) is 36.5 Å². The number of aromatic amines is 1. The zero-order chi connectivity index (χ0) is 23.5. The summed E-state index contributed by atoms with van der Waals surface area (Å²) >= 11 is 0. The molecule has 1 atom stereocenters. The molecule has 2 N–H and O–H groups in total. The number of pyridine rings is 1. The molecule has 1 aliphatic rings. The Bertz CT molecular complexity index is 1090. The summed E-state index contributed by atoms with van der Waals surface area (Å²) in [5.74, 6) is -2.94. The van der Waals surface area contributed by atoms with E-state index in [0.29, 0.717) is 6.04 Å². The van der Waals surface area contributed by atoms with E-state index in [1.165, 1.54) is 11.6 Å². The molecule has 1 unspecified atom stereocenters. The summed E-state index contributed by atoms with van der Waals surface area (Å²) in [5.41, 5.74) is 3.98. The number of anilines is 1. The number of benzene rings is 1. The van der Waals surface area contributed by atoms with Crippen LogP contribution in [0.25, 0.3) is 11.0 Å². The highest BCUT2D eigenvalue weighted by molar-refractivity contribution is 5.77. The smallest absolute Gasteiger partial charge is 0.475 e. The molecule has 1 fully saturated rings. The van der Waals surface area contributed by atoms with E-state index in [4.69, 9.17) is 9.90 Å². The molecule has 0 amide bonds. The van der Waals surface area contributed by atoms with Crippen molar-refractivity contribution in [2.24, 2.45) is 0 Å². The molecule has 0 spiro atoms. The SMILES string of the molecule is Cc1[nH]nc2ncc(CN3CCN(c4cccc(F)c4)CC3C)cc12.O=C(O)C(F)(F)F. The minimum atomic E-state index is -5.08. The number of aromatic nitrogens is 3. The average molecular weight is 453 g/mol. The number of nitrogens with zero attached hydrogens (tertiary/aromatic N) is 4. The van der Waals surface area contributed by atoms with Crippen LogP contribution >= 0.6 is 0 Å². The van der Waals surface area contributed by atoms with Gasteiger partial charge in [-0.3, -0.25) is 10.00 Å². The van der Waals surface area contributed by atoms with Crippen molar-refractivity contribution in [2.45, 2.75) is 32.6 Å². The Balaban J connectivity index is 0.000000360. The number of hydrogen-bond acceptors (Lipinski definition) is 5. The predicted molar refractivity (Wildman–Crippen MR) is 111 cm³/mol. The van der Waals surface area contributed by atoms with E-state index in [-0.39, 0.29) is 5.82 Å². The molecule has 11 heteroatoms. The molecule has 1 saturated heterocycles. The van der Waals surface area contributed by atoms with E-state index in [1.54, 1.807) is 12.1 Å². The summed E-state index contributed by atoms with van der Waals surface area (Å²) in [5, 5.41) is 15.4. The first-order chi connectivity index (χ1) is 15.0. The largest absolute Gasteiger partial charge is 0.490 e. The van der Waals surface area contributed by atoms with Crippen molar-refractivity contribution in [1.29, 1.82) is 0 Å². The Kier molecular flexibility index (Phi) is 6.97. The van der Waals surface area contributed by atoms with Gasteiger partial charge in [-0.25, -0.2) is 14.2 Å². The van der Waals surface area contributed by atoms with Gasteiger partial charge in [0.2, 0.25) is 0 Å². The predicted octanol–water partition coefficient (Wildman–Crippen LogP) is 3.75. The zero-order valence-corrected chi connectivity index (χ0v) is 17.5. The molecule has 0 radical (unpaired) electrons. The van der Waals surface area contributed by atoms with Gasteiger partial charge >= 0.3 is 12.1 Å². The monoisotopic (exact) mass is 453 g/mol. The van der Waals surface area contributed by atoms with E-state index in [9.17, 15) is 17.6 Å². The number of carbonyl (C=O) groups is 1. The van der Waals surface area contributed by atoms with Crippen LogP contribution in [-0.4, -0.2) is 63.0 Å². The number of carboxylic acids is 1. The second kappa shape index (κ2) is 9.51. The number of aryl methyl sites for hydroxylation is 1. The van der Waals surface area contributed by atoms with Gasteiger partial charge in [0.1, 0.15) is 5.82 Å². The summed E-state index contributed by atoms with van der Waals surface area (Å²) in [6, 6.07) is 9.41. The average Bonchev–Trinajstić information content (AvgIpc) is 3.09. The number of hydrogen-bond donors (Lipinski definition) is 2. The van der Waals surface area contributed by atoms with E-state index >= 15 is 0 Å². The number of fused-ring (bicyclic) bond motifs is 1. The highest BCUT2D eigenvalue weighted by atomic mass is 19.4. The molecular formula is C21H23F4N5O2. The van der Waals surface area contributed by atoms with Crippen molar-refractivity contribution in [3.63, 3.8) is 0 Å². The number of carboxylic acid groups (broad SMARTS) is 1. The van der Waals surface area contributed by atoms with Crippen LogP contribution in [0.2, 0.25) is 0 Å². The van der Waals surface area contributed by atoms with Gasteiger partial charge in [-0.2, -0.15) is 18.3 Å². The molecule has 7 nitrogen and oxygen atoms in total. The lowest BCUT2D eigenvalue weighted by Crippen LogP contribution is -2.51. The van der Waals surface area contributed by atoms with Crippen molar-refractivity contribution in [1.82, 2.24) is 20.1 Å². The molecule has 172 valence electrons. The number of nitrogens with one attached hydrogen (secondary N) is 1. The van der Waals surface area contributed by atoms with Gasteiger partial charge in [0.15, 0.2) is 5.65 Å². The topological polar surface area (TPSA) is 85.4 Å². The second-order valence-corrected chi connectivity index (χ2v) is 7.61. The van der Waals surface area contributed by atoms with Crippen LogP contribution in [0.1, 0.15) is 18.2 Å². The summed E-state index contributed by atoms with van der Waals surface area (Å²) < 4.78 is 45.2. The second-order valence-electron chi connectivity index (χ2n) is 7.61. The van der Waals surface area contributed by atoms with Crippen LogP contribution in [0.4, 0.5) is 23.2 Å². The van der Waals surface area contributed by atoms with Gasteiger partial charge in [0.25, 0.3) is 0 Å². The van der Waals surface area contributed by atoms with Crippen molar-refractivity contribution in [3.8, 4) is 0 Å². The van der Waals surface area contributed by atoms with Crippen LogP contribution < -0.4 is 4.90 Å². The molecule has 3 heterocycles. The van der Waals surface area contributed by atoms with E-state index in [1.807, 2.05) is 19.2 Å². The summed E-state index contributed by atoms with van der Waals surface area (Å²) in [6.45, 7) is 7.84. The Labute approximate surface area is 181 Å². The minimum Gasteiger partial charge on any atom is -0.475 e. The third-order valence-electron chi connectivity index (χ3n) is 5.22. The molecule has 1 aliphatic heterocycles. The highest BCUT2D eigenvalue weighted by Gasteiger charge is 2.38. The Morgan fingerprint density at radius 2 is 2.00 bits per heavy atom. The molecule has 2 aromatic heterocycles. The van der Waals surface area contributed by atoms with Crippen LogP contribution in [0.5, 0.6) is 0 Å². The van der Waals surface area contributed by atoms with E-state index in [0.717, 1.165) is 48.6 Å². The van der Waals surface area contributed by atoms with Crippen molar-refractivity contribution in [2.75, 3.05) is 24.5 Å². The Hall–Kier alpha value is -3.21. The van der Waals surface area contributed by atoms with Crippen molar-refractivity contribution in [3.05, 3.63) is 53.6 Å². The van der Waals surface area contributed by atoms with Gasteiger partial charge in [0, 0.05) is 55.2 Å². The zero-order valence-electron chi connectivity index (χ0n) is 17.5. The Morgan fingerprint density at radius 1 is 1.28 bits per heavy atom. The molecule has 0 bridgehead atoms. The highest BCUT2D eigenvalue weighted by Crippen LogP contribution is 2.22. The third-order valence-corrected chi connectivity index (χ3v) is 5.22.